The standard InChI is InChI=1S/C25H46N6O/c1-2-26-25(28-22-11-14-30(15-12-22)23-9-5-6-10-23)27-13-16-29-17-19-31(20-18-29)24(32)21-7-3-4-8-21/h21-23H,2-20H2,1H3,(H2,26,27,28). The molecule has 182 valence electrons. The maximum atomic E-state index is 12.6. The molecule has 1 amide bonds. The van der Waals surface area contributed by atoms with Crippen LogP contribution in [0.4, 0.5) is 0 Å². The fourth-order valence-electron chi connectivity index (χ4n) is 6.12. The van der Waals surface area contributed by atoms with Gasteiger partial charge in [0.2, 0.25) is 5.91 Å². The molecule has 4 aliphatic rings. The molecule has 2 saturated carbocycles. The third-order valence-corrected chi connectivity index (χ3v) is 8.13. The summed E-state index contributed by atoms with van der Waals surface area (Å²) in [4.78, 5) is 24.8. The molecule has 0 atom stereocenters. The quantitative estimate of drug-likeness (QED) is 0.464. The molecule has 32 heavy (non-hydrogen) atoms. The van der Waals surface area contributed by atoms with Crippen LogP contribution in [0.2, 0.25) is 0 Å². The molecular formula is C25H46N6O. The first-order valence-corrected chi connectivity index (χ1v) is 13.5. The van der Waals surface area contributed by atoms with Crippen molar-refractivity contribution in [1.82, 2.24) is 25.3 Å². The summed E-state index contributed by atoms with van der Waals surface area (Å²) < 4.78 is 0. The van der Waals surface area contributed by atoms with E-state index in [4.69, 9.17) is 4.99 Å². The second-order valence-electron chi connectivity index (χ2n) is 10.3. The normalized spacial score (nSPS) is 25.5. The number of rotatable bonds is 7. The molecule has 2 heterocycles. The zero-order chi connectivity index (χ0) is 22.2. The summed E-state index contributed by atoms with van der Waals surface area (Å²) in [6.45, 7) is 11.0. The van der Waals surface area contributed by atoms with Crippen LogP contribution in [0.25, 0.3) is 0 Å². The average molecular weight is 447 g/mol. The van der Waals surface area contributed by atoms with E-state index >= 15 is 0 Å². The maximum Gasteiger partial charge on any atom is 0.225 e. The van der Waals surface area contributed by atoms with Crippen molar-refractivity contribution in [2.75, 3.05) is 58.9 Å². The number of hydrogen-bond acceptors (Lipinski definition) is 4. The van der Waals surface area contributed by atoms with Gasteiger partial charge in [-0.2, -0.15) is 0 Å². The van der Waals surface area contributed by atoms with Gasteiger partial charge in [-0.15, -0.1) is 0 Å². The van der Waals surface area contributed by atoms with Crippen LogP contribution in [0, 0.1) is 5.92 Å². The minimum Gasteiger partial charge on any atom is -0.357 e. The molecule has 0 aromatic heterocycles. The topological polar surface area (TPSA) is 63.2 Å². The van der Waals surface area contributed by atoms with Crippen molar-refractivity contribution >= 4 is 11.9 Å². The van der Waals surface area contributed by atoms with Gasteiger partial charge in [-0.3, -0.25) is 14.7 Å². The summed E-state index contributed by atoms with van der Waals surface area (Å²) in [6.07, 6.45) is 12.8. The molecule has 7 heteroatoms. The largest absolute Gasteiger partial charge is 0.357 e. The smallest absolute Gasteiger partial charge is 0.225 e. The van der Waals surface area contributed by atoms with Gasteiger partial charge in [-0.1, -0.05) is 25.7 Å². The van der Waals surface area contributed by atoms with Crippen LogP contribution < -0.4 is 10.6 Å². The van der Waals surface area contributed by atoms with E-state index in [9.17, 15) is 4.79 Å². The Morgan fingerprint density at radius 2 is 1.53 bits per heavy atom. The number of carbonyl (C=O) groups is 1. The second kappa shape index (κ2) is 12.2. The number of guanidine groups is 1. The SMILES string of the molecule is CCNC(=NCCN1CCN(C(=O)C2CCCC2)CC1)NC1CCN(C2CCCC2)CC1. The van der Waals surface area contributed by atoms with Crippen LogP contribution in [0.5, 0.6) is 0 Å². The third kappa shape index (κ3) is 6.60. The van der Waals surface area contributed by atoms with E-state index in [2.05, 4.69) is 32.3 Å². The molecule has 4 rings (SSSR count). The van der Waals surface area contributed by atoms with E-state index in [-0.39, 0.29) is 0 Å². The molecule has 0 aromatic carbocycles. The van der Waals surface area contributed by atoms with Crippen molar-refractivity contribution in [3.8, 4) is 0 Å². The summed E-state index contributed by atoms with van der Waals surface area (Å²) in [5.41, 5.74) is 0. The molecule has 2 N–H and O–H groups in total. The predicted octanol–water partition coefficient (Wildman–Crippen LogP) is 2.28. The fraction of sp³-hybridized carbons (Fsp3) is 0.920. The number of piperidine rings is 1. The van der Waals surface area contributed by atoms with Gasteiger partial charge in [0.15, 0.2) is 5.96 Å². The number of carbonyl (C=O) groups excluding carboxylic acids is 1. The van der Waals surface area contributed by atoms with E-state index < -0.39 is 0 Å². The van der Waals surface area contributed by atoms with Gasteiger partial charge in [0.1, 0.15) is 0 Å². The Morgan fingerprint density at radius 1 is 0.875 bits per heavy atom. The first-order chi connectivity index (χ1) is 15.7. The number of likely N-dealkylation sites (tertiary alicyclic amines) is 1. The molecule has 0 unspecified atom stereocenters. The molecule has 0 radical (unpaired) electrons. The molecular weight excluding hydrogens is 400 g/mol. The molecule has 7 nitrogen and oxygen atoms in total. The monoisotopic (exact) mass is 446 g/mol. The maximum absolute atomic E-state index is 12.6. The van der Waals surface area contributed by atoms with Crippen LogP contribution in [0.15, 0.2) is 4.99 Å². The minimum absolute atomic E-state index is 0.310. The van der Waals surface area contributed by atoms with Crippen molar-refractivity contribution in [1.29, 1.82) is 0 Å². The first kappa shape index (κ1) is 23.8. The van der Waals surface area contributed by atoms with Crippen molar-refractivity contribution < 1.29 is 4.79 Å². The van der Waals surface area contributed by atoms with E-state index in [1.807, 2.05) is 0 Å². The van der Waals surface area contributed by atoms with E-state index in [0.717, 1.165) is 70.7 Å². The Hall–Kier alpha value is -1.34. The molecule has 0 bridgehead atoms. The lowest BCUT2D eigenvalue weighted by Gasteiger charge is -2.37. The number of nitrogens with zero attached hydrogens (tertiary/aromatic N) is 4. The predicted molar refractivity (Wildman–Crippen MR) is 131 cm³/mol. The highest BCUT2D eigenvalue weighted by Gasteiger charge is 2.29. The fourth-order valence-corrected chi connectivity index (χ4v) is 6.12. The lowest BCUT2D eigenvalue weighted by molar-refractivity contribution is -0.137. The lowest BCUT2D eigenvalue weighted by atomic mass is 10.0. The number of aliphatic imine (C=N–C) groups is 1. The Labute approximate surface area is 195 Å². The minimum atomic E-state index is 0.310. The van der Waals surface area contributed by atoms with Crippen molar-refractivity contribution in [3.05, 3.63) is 0 Å². The highest BCUT2D eigenvalue weighted by Crippen LogP contribution is 2.27. The van der Waals surface area contributed by atoms with Crippen molar-refractivity contribution in [3.63, 3.8) is 0 Å². The van der Waals surface area contributed by atoms with Crippen LogP contribution in [-0.4, -0.2) is 97.6 Å². The Balaban J connectivity index is 1.15. The summed E-state index contributed by atoms with van der Waals surface area (Å²) >= 11 is 0. The summed E-state index contributed by atoms with van der Waals surface area (Å²) in [5.74, 6) is 1.70. The van der Waals surface area contributed by atoms with Crippen LogP contribution in [0.1, 0.15) is 71.1 Å². The van der Waals surface area contributed by atoms with Crippen molar-refractivity contribution in [2.45, 2.75) is 83.2 Å². The Kier molecular flexibility index (Phi) is 9.09. The first-order valence-electron chi connectivity index (χ1n) is 13.5. The van der Waals surface area contributed by atoms with Gasteiger partial charge >= 0.3 is 0 Å². The van der Waals surface area contributed by atoms with Gasteiger partial charge in [0.05, 0.1) is 6.54 Å². The molecule has 2 aliphatic heterocycles. The lowest BCUT2D eigenvalue weighted by Crippen LogP contribution is -2.51. The van der Waals surface area contributed by atoms with Crippen molar-refractivity contribution in [2.24, 2.45) is 10.9 Å². The van der Waals surface area contributed by atoms with Gasteiger partial charge in [0, 0.05) is 70.4 Å². The highest BCUT2D eigenvalue weighted by atomic mass is 16.2. The Morgan fingerprint density at radius 3 is 2.19 bits per heavy atom. The number of hydrogen-bond donors (Lipinski definition) is 2. The zero-order valence-corrected chi connectivity index (χ0v) is 20.4. The van der Waals surface area contributed by atoms with Crippen LogP contribution in [-0.2, 0) is 4.79 Å². The van der Waals surface area contributed by atoms with E-state index in [0.29, 0.717) is 17.9 Å². The Bertz CT molecular complexity index is 598. The summed E-state index contributed by atoms with van der Waals surface area (Å²) in [7, 11) is 0. The zero-order valence-electron chi connectivity index (χ0n) is 20.4. The van der Waals surface area contributed by atoms with Gasteiger partial charge in [-0.05, 0) is 45.4 Å². The molecule has 0 spiro atoms. The number of amides is 1. The van der Waals surface area contributed by atoms with E-state index in [1.165, 1.54) is 64.5 Å². The van der Waals surface area contributed by atoms with Gasteiger partial charge in [0.25, 0.3) is 0 Å². The highest BCUT2D eigenvalue weighted by molar-refractivity contribution is 5.80. The average Bonchev–Trinajstić information content (AvgIpc) is 3.54. The van der Waals surface area contributed by atoms with Crippen LogP contribution in [0.3, 0.4) is 0 Å². The molecule has 0 aromatic rings. The third-order valence-electron chi connectivity index (χ3n) is 8.13. The van der Waals surface area contributed by atoms with E-state index in [1.54, 1.807) is 0 Å². The molecule has 4 fully saturated rings. The molecule has 2 aliphatic carbocycles. The molecule has 2 saturated heterocycles. The summed E-state index contributed by atoms with van der Waals surface area (Å²) in [5, 5.41) is 7.14. The second-order valence-corrected chi connectivity index (χ2v) is 10.3. The van der Waals surface area contributed by atoms with Gasteiger partial charge in [-0.25, -0.2) is 0 Å². The number of piperazine rings is 1. The van der Waals surface area contributed by atoms with Gasteiger partial charge < -0.3 is 20.4 Å². The summed E-state index contributed by atoms with van der Waals surface area (Å²) in [6, 6.07) is 1.39. The number of nitrogens with one attached hydrogen (secondary N) is 2. The van der Waals surface area contributed by atoms with Crippen LogP contribution >= 0.6 is 0 Å².